The molecule has 0 unspecified atom stereocenters. The van der Waals surface area contributed by atoms with Crippen LogP contribution in [0.5, 0.6) is 5.75 Å². The molecule has 1 aromatic heterocycles. The van der Waals surface area contributed by atoms with E-state index in [-0.39, 0.29) is 0 Å². The van der Waals surface area contributed by atoms with Crippen LogP contribution in [0, 0.1) is 11.3 Å². The van der Waals surface area contributed by atoms with Crippen LogP contribution in [0.4, 0.5) is 0 Å². The monoisotopic (exact) mass is 358 g/mol. The fourth-order valence-corrected chi connectivity index (χ4v) is 3.45. The van der Waals surface area contributed by atoms with Gasteiger partial charge >= 0.3 is 0 Å². The van der Waals surface area contributed by atoms with Crippen LogP contribution in [0.25, 0.3) is 22.4 Å². The maximum Gasteiger partial charge on any atom is 0.126 e. The van der Waals surface area contributed by atoms with Gasteiger partial charge in [-0.15, -0.1) is 18.3 Å². The summed E-state index contributed by atoms with van der Waals surface area (Å²) in [4.78, 5) is 4.74. The van der Waals surface area contributed by atoms with Gasteiger partial charge in [0, 0.05) is 22.4 Å². The number of rotatable bonds is 6. The fourth-order valence-electron chi connectivity index (χ4n) is 2.71. The van der Waals surface area contributed by atoms with Crippen LogP contribution in [0.1, 0.15) is 5.56 Å². The molecule has 0 aliphatic heterocycles. The van der Waals surface area contributed by atoms with E-state index in [1.54, 1.807) is 7.11 Å². The molecule has 0 spiro atoms. The van der Waals surface area contributed by atoms with Crippen LogP contribution in [-0.2, 0) is 0 Å². The van der Waals surface area contributed by atoms with Crippen molar-refractivity contribution in [3.05, 3.63) is 78.9 Å². The van der Waals surface area contributed by atoms with E-state index in [1.165, 1.54) is 11.8 Å². The summed E-state index contributed by atoms with van der Waals surface area (Å²) in [5, 5.41) is 10.5. The van der Waals surface area contributed by atoms with Crippen molar-refractivity contribution in [2.24, 2.45) is 0 Å². The van der Waals surface area contributed by atoms with Crippen molar-refractivity contribution in [3.63, 3.8) is 0 Å². The molecule has 3 aromatic rings. The maximum atomic E-state index is 9.81. The Labute approximate surface area is 158 Å². The van der Waals surface area contributed by atoms with Crippen molar-refractivity contribution in [1.82, 2.24) is 4.98 Å². The van der Waals surface area contributed by atoms with Crippen LogP contribution in [0.15, 0.2) is 78.3 Å². The molecule has 26 heavy (non-hydrogen) atoms. The molecule has 0 N–H and O–H groups in total. The van der Waals surface area contributed by atoms with Gasteiger partial charge in [-0.2, -0.15) is 5.26 Å². The third kappa shape index (κ3) is 3.63. The summed E-state index contributed by atoms with van der Waals surface area (Å²) in [6.07, 6.45) is 1.81. The number of hydrogen-bond acceptors (Lipinski definition) is 4. The zero-order chi connectivity index (χ0) is 18.4. The van der Waals surface area contributed by atoms with Crippen LogP contribution in [0.2, 0.25) is 0 Å². The van der Waals surface area contributed by atoms with Gasteiger partial charge < -0.3 is 4.74 Å². The molecule has 1 heterocycles. The van der Waals surface area contributed by atoms with E-state index in [4.69, 9.17) is 9.72 Å². The van der Waals surface area contributed by atoms with E-state index in [0.29, 0.717) is 16.3 Å². The lowest BCUT2D eigenvalue weighted by atomic mass is 9.98. The predicted octanol–water partition coefficient (Wildman–Crippen LogP) is 5.57. The third-order valence-corrected chi connectivity index (χ3v) is 4.87. The summed E-state index contributed by atoms with van der Waals surface area (Å²) in [5.41, 5.74) is 4.10. The molecule has 3 nitrogen and oxygen atoms in total. The average molecular weight is 358 g/mol. The molecule has 0 atom stereocenters. The zero-order valence-corrected chi connectivity index (χ0v) is 15.3. The molecular weight excluding hydrogens is 340 g/mol. The van der Waals surface area contributed by atoms with Crippen molar-refractivity contribution in [2.45, 2.75) is 5.03 Å². The van der Waals surface area contributed by atoms with E-state index >= 15 is 0 Å². The molecule has 4 heteroatoms. The smallest absolute Gasteiger partial charge is 0.126 e. The van der Waals surface area contributed by atoms with Gasteiger partial charge in [0.15, 0.2) is 0 Å². The van der Waals surface area contributed by atoms with Crippen molar-refractivity contribution in [3.8, 4) is 34.2 Å². The molecule has 0 fully saturated rings. The highest BCUT2D eigenvalue weighted by Gasteiger charge is 2.17. The normalized spacial score (nSPS) is 10.2. The lowest BCUT2D eigenvalue weighted by molar-refractivity contribution is 0.416. The second-order valence-corrected chi connectivity index (χ2v) is 6.52. The van der Waals surface area contributed by atoms with Crippen molar-refractivity contribution in [2.75, 3.05) is 12.9 Å². The first-order valence-electron chi connectivity index (χ1n) is 8.16. The van der Waals surface area contributed by atoms with E-state index in [1.807, 2.05) is 66.7 Å². The number of hydrogen-bond donors (Lipinski definition) is 0. The SMILES string of the molecule is C=CCSc1nc(-c2ccccc2)cc(-c2ccccc2OC)c1C#N. The second-order valence-electron chi connectivity index (χ2n) is 5.51. The summed E-state index contributed by atoms with van der Waals surface area (Å²) in [7, 11) is 1.64. The van der Waals surface area contributed by atoms with Crippen molar-refractivity contribution >= 4 is 11.8 Å². The number of nitriles is 1. The Kier molecular flexibility index (Phi) is 5.73. The fraction of sp³-hybridized carbons (Fsp3) is 0.0909. The highest BCUT2D eigenvalue weighted by molar-refractivity contribution is 7.99. The van der Waals surface area contributed by atoms with Crippen molar-refractivity contribution < 1.29 is 4.74 Å². The quantitative estimate of drug-likeness (QED) is 0.427. The number of nitrogens with zero attached hydrogens (tertiary/aromatic N) is 2. The second kappa shape index (κ2) is 8.37. The van der Waals surface area contributed by atoms with Crippen LogP contribution >= 0.6 is 11.8 Å². The lowest BCUT2D eigenvalue weighted by Crippen LogP contribution is -1.97. The molecule has 3 rings (SSSR count). The molecule has 2 aromatic carbocycles. The topological polar surface area (TPSA) is 45.9 Å². The lowest BCUT2D eigenvalue weighted by Gasteiger charge is -2.14. The van der Waals surface area contributed by atoms with E-state index < -0.39 is 0 Å². The Hall–Kier alpha value is -3.03. The molecule has 0 amide bonds. The molecule has 0 aliphatic rings. The number of thioether (sulfide) groups is 1. The first-order valence-corrected chi connectivity index (χ1v) is 9.14. The number of pyridine rings is 1. The minimum Gasteiger partial charge on any atom is -0.496 e. The van der Waals surface area contributed by atoms with E-state index in [9.17, 15) is 5.26 Å². The number of ether oxygens (including phenoxy) is 1. The largest absolute Gasteiger partial charge is 0.496 e. The molecular formula is C22H18N2OS. The summed E-state index contributed by atoms with van der Waals surface area (Å²) < 4.78 is 5.51. The Bertz CT molecular complexity index is 962. The molecule has 0 aliphatic carbocycles. The predicted molar refractivity (Wildman–Crippen MR) is 107 cm³/mol. The van der Waals surface area contributed by atoms with Gasteiger partial charge in [-0.25, -0.2) is 4.98 Å². The standard InChI is InChI=1S/C22H18N2OS/c1-3-13-26-22-19(15-23)18(17-11-7-8-12-21(17)25-2)14-20(24-22)16-9-5-4-6-10-16/h3-12,14H,1,13H2,2H3. The van der Waals surface area contributed by atoms with Gasteiger partial charge in [0.05, 0.1) is 18.4 Å². The highest BCUT2D eigenvalue weighted by atomic mass is 32.2. The molecule has 0 saturated carbocycles. The van der Waals surface area contributed by atoms with Gasteiger partial charge in [0.2, 0.25) is 0 Å². The van der Waals surface area contributed by atoms with Crippen LogP contribution < -0.4 is 4.74 Å². The van der Waals surface area contributed by atoms with Gasteiger partial charge in [-0.05, 0) is 12.1 Å². The Morgan fingerprint density at radius 2 is 1.85 bits per heavy atom. The Balaban J connectivity index is 2.27. The van der Waals surface area contributed by atoms with Gasteiger partial charge in [-0.3, -0.25) is 0 Å². The number of benzene rings is 2. The highest BCUT2D eigenvalue weighted by Crippen LogP contribution is 2.38. The van der Waals surface area contributed by atoms with E-state index in [0.717, 1.165) is 28.1 Å². The maximum absolute atomic E-state index is 9.81. The summed E-state index contributed by atoms with van der Waals surface area (Å²) in [6, 6.07) is 22.0. The molecule has 128 valence electrons. The molecule has 0 saturated heterocycles. The third-order valence-electron chi connectivity index (χ3n) is 3.90. The first kappa shape index (κ1) is 17.8. The van der Waals surface area contributed by atoms with Gasteiger partial charge in [0.25, 0.3) is 0 Å². The summed E-state index contributed by atoms with van der Waals surface area (Å²) in [5.74, 6) is 1.42. The minimum absolute atomic E-state index is 0.557. The number of aromatic nitrogens is 1. The molecule has 0 bridgehead atoms. The summed E-state index contributed by atoms with van der Waals surface area (Å²) >= 11 is 1.51. The van der Waals surface area contributed by atoms with Gasteiger partial charge in [0.1, 0.15) is 16.8 Å². The summed E-state index contributed by atoms with van der Waals surface area (Å²) in [6.45, 7) is 3.77. The molecule has 0 radical (unpaired) electrons. The Morgan fingerprint density at radius 1 is 1.12 bits per heavy atom. The van der Waals surface area contributed by atoms with Gasteiger partial charge in [-0.1, -0.05) is 54.6 Å². The number of para-hydroxylation sites is 1. The van der Waals surface area contributed by atoms with Crippen molar-refractivity contribution in [1.29, 1.82) is 5.26 Å². The van der Waals surface area contributed by atoms with Crippen LogP contribution in [-0.4, -0.2) is 17.8 Å². The zero-order valence-electron chi connectivity index (χ0n) is 14.5. The number of methoxy groups -OCH3 is 1. The Morgan fingerprint density at radius 3 is 2.54 bits per heavy atom. The first-order chi connectivity index (χ1) is 12.8. The van der Waals surface area contributed by atoms with E-state index in [2.05, 4.69) is 12.6 Å². The minimum atomic E-state index is 0.557. The average Bonchev–Trinajstić information content (AvgIpc) is 2.72. The van der Waals surface area contributed by atoms with Crippen LogP contribution in [0.3, 0.4) is 0 Å².